The Morgan fingerprint density at radius 1 is 1.33 bits per heavy atom. The molecule has 0 aromatic heterocycles. The van der Waals surface area contributed by atoms with Crippen LogP contribution in [0.3, 0.4) is 0 Å². The number of quaternary nitrogens is 1. The number of piperidine rings is 1. The van der Waals surface area contributed by atoms with Crippen LogP contribution in [0.25, 0.3) is 0 Å². The summed E-state index contributed by atoms with van der Waals surface area (Å²) in [5.41, 5.74) is 0. The maximum Gasteiger partial charge on any atom is 0.109 e. The molecule has 1 rings (SSSR count). The lowest BCUT2D eigenvalue weighted by Crippen LogP contribution is -2.46. The van der Waals surface area contributed by atoms with Gasteiger partial charge < -0.3 is 0 Å². The maximum absolute atomic E-state index is 9.43. The number of rotatable bonds is 0. The van der Waals surface area contributed by atoms with Crippen molar-refractivity contribution in [2.24, 2.45) is 5.92 Å². The predicted octanol–water partition coefficient (Wildman–Crippen LogP) is 1.25. The van der Waals surface area contributed by atoms with Gasteiger partial charge in [0.2, 0.25) is 0 Å². The van der Waals surface area contributed by atoms with Gasteiger partial charge in [0.1, 0.15) is 13.1 Å². The Morgan fingerprint density at radius 3 is 2.11 bits per heavy atom. The Morgan fingerprint density at radius 2 is 1.78 bits per heavy atom. The molecule has 0 aromatic carbocycles. The molecule has 9 heavy (non-hydrogen) atoms. The Kier molecular flexibility index (Phi) is 1.78. The molecule has 1 aliphatic heterocycles. The summed E-state index contributed by atoms with van der Waals surface area (Å²) in [5, 5.41) is 9.43. The van der Waals surface area contributed by atoms with Crippen LogP contribution in [0.15, 0.2) is 0 Å². The number of nitrogens with zero attached hydrogens (tertiary/aromatic N) is 1. The molecule has 2 nitrogen and oxygen atoms in total. The molecule has 54 valence electrons. The zero-order chi connectivity index (χ0) is 6.91. The number of likely N-dealkylation sites (tertiary alicyclic amines) is 1. The zero-order valence-corrected chi connectivity index (χ0v) is 6.30. The molecule has 1 fully saturated rings. The van der Waals surface area contributed by atoms with Crippen LogP contribution in [0, 0.1) is 5.92 Å². The second kappa shape index (κ2) is 2.27. The first kappa shape index (κ1) is 7.03. The largest absolute Gasteiger partial charge is 0.217 e. The standard InChI is InChI=1S/C7H16NO/c1-7-3-5-8(2,9)6-4-7/h7,9H,3-6H2,1-2H3/q+1. The van der Waals surface area contributed by atoms with Gasteiger partial charge in [-0.25, -0.2) is 5.21 Å². The van der Waals surface area contributed by atoms with Gasteiger partial charge in [-0.2, -0.15) is 4.65 Å². The van der Waals surface area contributed by atoms with Crippen molar-refractivity contribution in [1.29, 1.82) is 0 Å². The van der Waals surface area contributed by atoms with Crippen LogP contribution in [0.2, 0.25) is 0 Å². The van der Waals surface area contributed by atoms with Gasteiger partial charge in [0.15, 0.2) is 0 Å². The van der Waals surface area contributed by atoms with Crippen LogP contribution in [-0.4, -0.2) is 30.0 Å². The molecule has 0 amide bonds. The summed E-state index contributed by atoms with van der Waals surface area (Å²) in [5.74, 6) is 0.823. The second-order valence-electron chi connectivity index (χ2n) is 3.47. The fraction of sp³-hybridized carbons (Fsp3) is 1.00. The lowest BCUT2D eigenvalue weighted by Gasteiger charge is -2.31. The topological polar surface area (TPSA) is 20.2 Å². The van der Waals surface area contributed by atoms with Gasteiger partial charge in [-0.1, -0.05) is 6.92 Å². The average Bonchev–Trinajstić information content (AvgIpc) is 1.78. The third-order valence-electron chi connectivity index (χ3n) is 2.21. The van der Waals surface area contributed by atoms with Crippen LogP contribution in [0.4, 0.5) is 0 Å². The normalized spacial score (nSPS) is 45.0. The summed E-state index contributed by atoms with van der Waals surface area (Å²) in [6, 6.07) is 0. The fourth-order valence-electron chi connectivity index (χ4n) is 1.25. The first-order chi connectivity index (χ1) is 4.10. The third kappa shape index (κ3) is 1.95. The van der Waals surface area contributed by atoms with Crippen molar-refractivity contribution >= 4 is 0 Å². The molecule has 0 spiro atoms. The van der Waals surface area contributed by atoms with Crippen molar-refractivity contribution in [2.45, 2.75) is 19.8 Å². The summed E-state index contributed by atoms with van der Waals surface area (Å²) < 4.78 is 0.240. The Labute approximate surface area is 56.6 Å². The van der Waals surface area contributed by atoms with Crippen molar-refractivity contribution in [3.63, 3.8) is 0 Å². The van der Waals surface area contributed by atoms with Crippen LogP contribution in [0.1, 0.15) is 19.8 Å². The Hall–Kier alpha value is -0.0800. The highest BCUT2D eigenvalue weighted by molar-refractivity contribution is 4.55. The second-order valence-corrected chi connectivity index (χ2v) is 3.47. The molecular formula is C7H16NO+. The van der Waals surface area contributed by atoms with E-state index in [2.05, 4.69) is 6.92 Å². The first-order valence-corrected chi connectivity index (χ1v) is 3.67. The van der Waals surface area contributed by atoms with Gasteiger partial charge in [0.05, 0.1) is 7.05 Å². The molecule has 0 aliphatic carbocycles. The summed E-state index contributed by atoms with van der Waals surface area (Å²) in [6.45, 7) is 4.11. The lowest BCUT2D eigenvalue weighted by atomic mass is 9.99. The molecule has 0 radical (unpaired) electrons. The van der Waals surface area contributed by atoms with Crippen molar-refractivity contribution in [2.75, 3.05) is 20.1 Å². The quantitative estimate of drug-likeness (QED) is 0.489. The average molecular weight is 130 g/mol. The molecule has 1 saturated heterocycles. The van der Waals surface area contributed by atoms with E-state index >= 15 is 0 Å². The van der Waals surface area contributed by atoms with E-state index in [1.54, 1.807) is 0 Å². The van der Waals surface area contributed by atoms with Crippen LogP contribution >= 0.6 is 0 Å². The van der Waals surface area contributed by atoms with E-state index in [1.807, 2.05) is 7.05 Å². The molecule has 1 heterocycles. The molecule has 0 unspecified atom stereocenters. The van der Waals surface area contributed by atoms with Gasteiger partial charge in [0, 0.05) is 12.8 Å². The van der Waals surface area contributed by atoms with E-state index in [-0.39, 0.29) is 4.65 Å². The van der Waals surface area contributed by atoms with Crippen molar-refractivity contribution in [3.8, 4) is 0 Å². The number of hydroxylamine groups is 3. The SMILES string of the molecule is CC1CC[N+](C)(O)CC1. The summed E-state index contributed by atoms with van der Waals surface area (Å²) in [4.78, 5) is 0. The van der Waals surface area contributed by atoms with E-state index in [9.17, 15) is 5.21 Å². The Bertz CT molecular complexity index is 91.1. The van der Waals surface area contributed by atoms with Gasteiger partial charge in [-0.3, -0.25) is 0 Å². The van der Waals surface area contributed by atoms with E-state index in [0.717, 1.165) is 19.0 Å². The van der Waals surface area contributed by atoms with Gasteiger partial charge in [0.25, 0.3) is 0 Å². The summed E-state index contributed by atoms with van der Waals surface area (Å²) >= 11 is 0. The lowest BCUT2D eigenvalue weighted by molar-refractivity contribution is -1.09. The molecule has 0 aromatic rings. The van der Waals surface area contributed by atoms with Crippen LogP contribution in [0.5, 0.6) is 0 Å². The Balaban J connectivity index is 2.35. The zero-order valence-electron chi connectivity index (χ0n) is 6.30. The van der Waals surface area contributed by atoms with Crippen molar-refractivity contribution < 1.29 is 9.85 Å². The molecule has 2 heteroatoms. The minimum Gasteiger partial charge on any atom is -0.217 e. The van der Waals surface area contributed by atoms with Gasteiger partial charge >= 0.3 is 0 Å². The number of hydrogen-bond donors (Lipinski definition) is 1. The third-order valence-corrected chi connectivity index (χ3v) is 2.21. The van der Waals surface area contributed by atoms with E-state index in [1.165, 1.54) is 12.8 Å². The van der Waals surface area contributed by atoms with E-state index in [4.69, 9.17) is 0 Å². The van der Waals surface area contributed by atoms with Gasteiger partial charge in [-0.05, 0) is 5.92 Å². The fourth-order valence-corrected chi connectivity index (χ4v) is 1.25. The predicted molar refractivity (Wildman–Crippen MR) is 36.1 cm³/mol. The molecule has 0 saturated carbocycles. The van der Waals surface area contributed by atoms with Gasteiger partial charge in [-0.15, -0.1) is 0 Å². The minimum atomic E-state index is 0.240. The summed E-state index contributed by atoms with van der Waals surface area (Å²) in [6.07, 6.45) is 2.35. The molecular weight excluding hydrogens is 114 g/mol. The number of hydrogen-bond acceptors (Lipinski definition) is 1. The van der Waals surface area contributed by atoms with Crippen LogP contribution < -0.4 is 0 Å². The molecule has 0 bridgehead atoms. The van der Waals surface area contributed by atoms with Crippen molar-refractivity contribution in [1.82, 2.24) is 0 Å². The van der Waals surface area contributed by atoms with Crippen LogP contribution in [-0.2, 0) is 0 Å². The molecule has 1 aliphatic rings. The van der Waals surface area contributed by atoms with Crippen molar-refractivity contribution in [3.05, 3.63) is 0 Å². The minimum absolute atomic E-state index is 0.240. The first-order valence-electron chi connectivity index (χ1n) is 3.67. The molecule has 0 atom stereocenters. The highest BCUT2D eigenvalue weighted by Crippen LogP contribution is 2.18. The maximum atomic E-state index is 9.43. The highest BCUT2D eigenvalue weighted by atomic mass is 16.5. The van der Waals surface area contributed by atoms with E-state index < -0.39 is 0 Å². The summed E-state index contributed by atoms with van der Waals surface area (Å²) in [7, 11) is 1.88. The van der Waals surface area contributed by atoms with E-state index in [0.29, 0.717) is 0 Å². The smallest absolute Gasteiger partial charge is 0.109 e. The highest BCUT2D eigenvalue weighted by Gasteiger charge is 2.25. The monoisotopic (exact) mass is 130 g/mol. The molecule has 1 N–H and O–H groups in total.